The molecule has 0 aliphatic rings. The summed E-state index contributed by atoms with van der Waals surface area (Å²) in [5.41, 5.74) is 2.21. The lowest BCUT2D eigenvalue weighted by atomic mass is 9.95. The molecule has 0 atom stereocenters. The fourth-order valence-corrected chi connectivity index (χ4v) is 6.77. The molecule has 2 heterocycles. The van der Waals surface area contributed by atoms with Gasteiger partial charge in [0.2, 0.25) is 0 Å². The van der Waals surface area contributed by atoms with Crippen LogP contribution >= 0.6 is 11.3 Å². The highest BCUT2D eigenvalue weighted by atomic mass is 32.1. The molecule has 8 aromatic rings. The SMILES string of the molecule is c1ccc2cc3c(cc2c1)sc1cc(-c2nccc4c2ccc2c5ccccc5ccc42)ccc13. The topological polar surface area (TPSA) is 12.9 Å². The summed E-state index contributed by atoms with van der Waals surface area (Å²) in [6.07, 6.45) is 1.95. The summed E-state index contributed by atoms with van der Waals surface area (Å²) in [6.45, 7) is 0. The van der Waals surface area contributed by atoms with E-state index in [9.17, 15) is 0 Å². The first-order valence-electron chi connectivity index (χ1n) is 11.9. The highest BCUT2D eigenvalue weighted by molar-refractivity contribution is 7.25. The Balaban J connectivity index is 1.37. The molecule has 0 radical (unpaired) electrons. The van der Waals surface area contributed by atoms with E-state index in [1.807, 2.05) is 17.5 Å². The van der Waals surface area contributed by atoms with Crippen LogP contribution in [0.25, 0.3) is 74.5 Å². The lowest BCUT2D eigenvalue weighted by Crippen LogP contribution is -1.88. The summed E-state index contributed by atoms with van der Waals surface area (Å²) < 4.78 is 2.64. The lowest BCUT2D eigenvalue weighted by molar-refractivity contribution is 1.36. The van der Waals surface area contributed by atoms with Crippen LogP contribution in [0, 0.1) is 0 Å². The number of hydrogen-bond acceptors (Lipinski definition) is 2. The van der Waals surface area contributed by atoms with Gasteiger partial charge >= 0.3 is 0 Å². The zero-order chi connectivity index (χ0) is 22.9. The van der Waals surface area contributed by atoms with E-state index in [0.29, 0.717) is 0 Å². The molecule has 8 rings (SSSR count). The van der Waals surface area contributed by atoms with E-state index in [1.54, 1.807) is 0 Å². The fraction of sp³-hybridized carbons (Fsp3) is 0. The second kappa shape index (κ2) is 7.11. The van der Waals surface area contributed by atoms with Crippen LogP contribution in [0.15, 0.2) is 115 Å². The molecule has 0 bridgehead atoms. The largest absolute Gasteiger partial charge is 0.256 e. The molecule has 162 valence electrons. The van der Waals surface area contributed by atoms with Gasteiger partial charge in [0.15, 0.2) is 0 Å². The van der Waals surface area contributed by atoms with E-state index in [0.717, 1.165) is 5.69 Å². The van der Waals surface area contributed by atoms with E-state index in [1.165, 1.54) is 68.8 Å². The minimum absolute atomic E-state index is 1.04. The maximum atomic E-state index is 4.86. The van der Waals surface area contributed by atoms with E-state index < -0.39 is 0 Å². The predicted octanol–water partition coefficient (Wildman–Crippen LogP) is 9.73. The quantitative estimate of drug-likeness (QED) is 0.222. The van der Waals surface area contributed by atoms with Crippen molar-refractivity contribution in [3.63, 3.8) is 0 Å². The van der Waals surface area contributed by atoms with E-state index in [4.69, 9.17) is 4.98 Å². The zero-order valence-electron chi connectivity index (χ0n) is 18.8. The van der Waals surface area contributed by atoms with Crippen molar-refractivity contribution in [1.82, 2.24) is 4.98 Å². The Labute approximate surface area is 205 Å². The van der Waals surface area contributed by atoms with Crippen molar-refractivity contribution in [2.24, 2.45) is 0 Å². The van der Waals surface area contributed by atoms with E-state index in [2.05, 4.69) is 109 Å². The molecule has 0 N–H and O–H groups in total. The molecule has 0 saturated heterocycles. The van der Waals surface area contributed by atoms with Crippen LogP contribution in [0.2, 0.25) is 0 Å². The molecule has 35 heavy (non-hydrogen) atoms. The first kappa shape index (κ1) is 19.1. The lowest BCUT2D eigenvalue weighted by Gasteiger charge is -2.11. The average molecular weight is 462 g/mol. The second-order valence-electron chi connectivity index (χ2n) is 9.21. The number of rotatable bonds is 1. The molecule has 0 saturated carbocycles. The molecular weight excluding hydrogens is 442 g/mol. The van der Waals surface area contributed by atoms with E-state index >= 15 is 0 Å². The standard InChI is InChI=1S/C33H19NS/c1-2-7-22-18-32-30(17-21(22)6-1)28-12-10-23(19-31(28)35-32)33-29-14-13-25-24-8-4-3-5-20(24)9-11-26(25)27(29)15-16-34-33/h1-19H. The summed E-state index contributed by atoms with van der Waals surface area (Å²) in [4.78, 5) is 4.86. The monoisotopic (exact) mass is 461 g/mol. The molecule has 0 amide bonds. The third kappa shape index (κ3) is 2.78. The molecule has 0 aliphatic heterocycles. The normalized spacial score (nSPS) is 12.0. The Kier molecular flexibility index (Phi) is 3.88. The van der Waals surface area contributed by atoms with Crippen molar-refractivity contribution < 1.29 is 0 Å². The number of nitrogens with zero attached hydrogens (tertiary/aromatic N) is 1. The van der Waals surface area contributed by atoms with Crippen LogP contribution in [-0.2, 0) is 0 Å². The van der Waals surface area contributed by atoms with Gasteiger partial charge in [-0.25, -0.2) is 0 Å². The predicted molar refractivity (Wildman–Crippen MR) is 153 cm³/mol. The van der Waals surface area contributed by atoms with Gasteiger partial charge in [-0.3, -0.25) is 4.98 Å². The molecular formula is C33H19NS. The summed E-state index contributed by atoms with van der Waals surface area (Å²) in [5, 5.41) is 12.8. The third-order valence-electron chi connectivity index (χ3n) is 7.28. The molecule has 1 nitrogen and oxygen atoms in total. The number of pyridine rings is 1. The summed E-state index contributed by atoms with van der Waals surface area (Å²) in [5.74, 6) is 0. The molecule has 0 spiro atoms. The third-order valence-corrected chi connectivity index (χ3v) is 8.40. The Morgan fingerprint density at radius 2 is 1.09 bits per heavy atom. The van der Waals surface area contributed by atoms with Gasteiger partial charge in [-0.2, -0.15) is 0 Å². The van der Waals surface area contributed by atoms with E-state index in [-0.39, 0.29) is 0 Å². The van der Waals surface area contributed by atoms with Crippen molar-refractivity contribution in [2.75, 3.05) is 0 Å². The molecule has 0 unspecified atom stereocenters. The van der Waals surface area contributed by atoms with Gasteiger partial charge in [-0.05, 0) is 62.0 Å². The van der Waals surface area contributed by atoms with Crippen molar-refractivity contribution >= 4 is 74.6 Å². The number of aromatic nitrogens is 1. The Morgan fingerprint density at radius 1 is 0.429 bits per heavy atom. The summed E-state index contributed by atoms with van der Waals surface area (Å²) in [6, 6.07) is 39.8. The Hall–Kier alpha value is -4.27. The molecule has 2 aromatic heterocycles. The molecule has 2 heteroatoms. The molecule has 0 aliphatic carbocycles. The van der Waals surface area contributed by atoms with Crippen LogP contribution in [0.1, 0.15) is 0 Å². The number of fused-ring (bicyclic) bond motifs is 9. The number of thiophene rings is 1. The van der Waals surface area contributed by atoms with Gasteiger partial charge in [0.25, 0.3) is 0 Å². The Bertz CT molecular complexity index is 2120. The summed E-state index contributed by atoms with van der Waals surface area (Å²) >= 11 is 1.87. The molecule has 0 fully saturated rings. The first-order chi connectivity index (χ1) is 17.3. The average Bonchev–Trinajstić information content (AvgIpc) is 3.27. The maximum Gasteiger partial charge on any atom is 0.0780 e. The zero-order valence-corrected chi connectivity index (χ0v) is 19.6. The van der Waals surface area contributed by atoms with Crippen molar-refractivity contribution in [2.45, 2.75) is 0 Å². The van der Waals surface area contributed by atoms with Crippen LogP contribution in [0.5, 0.6) is 0 Å². The van der Waals surface area contributed by atoms with Gasteiger partial charge in [0, 0.05) is 37.3 Å². The van der Waals surface area contributed by atoms with Crippen LogP contribution in [0.3, 0.4) is 0 Å². The van der Waals surface area contributed by atoms with Gasteiger partial charge in [0.1, 0.15) is 0 Å². The first-order valence-corrected chi connectivity index (χ1v) is 12.7. The molecule has 6 aromatic carbocycles. The number of benzene rings is 6. The van der Waals surface area contributed by atoms with Gasteiger partial charge in [-0.1, -0.05) is 84.9 Å². The van der Waals surface area contributed by atoms with Crippen molar-refractivity contribution in [3.8, 4) is 11.3 Å². The smallest absolute Gasteiger partial charge is 0.0780 e. The van der Waals surface area contributed by atoms with Crippen molar-refractivity contribution in [3.05, 3.63) is 115 Å². The van der Waals surface area contributed by atoms with Gasteiger partial charge in [-0.15, -0.1) is 11.3 Å². The second-order valence-corrected chi connectivity index (χ2v) is 10.3. The fourth-order valence-electron chi connectivity index (χ4n) is 5.59. The number of hydrogen-bond donors (Lipinski definition) is 0. The highest BCUT2D eigenvalue weighted by Crippen LogP contribution is 2.40. The van der Waals surface area contributed by atoms with Gasteiger partial charge < -0.3 is 0 Å². The Morgan fingerprint density at radius 3 is 2.00 bits per heavy atom. The van der Waals surface area contributed by atoms with Crippen LogP contribution in [-0.4, -0.2) is 4.98 Å². The maximum absolute atomic E-state index is 4.86. The summed E-state index contributed by atoms with van der Waals surface area (Å²) in [7, 11) is 0. The van der Waals surface area contributed by atoms with Crippen LogP contribution in [0.4, 0.5) is 0 Å². The van der Waals surface area contributed by atoms with Crippen molar-refractivity contribution in [1.29, 1.82) is 0 Å². The minimum Gasteiger partial charge on any atom is -0.256 e. The minimum atomic E-state index is 1.04. The highest BCUT2D eigenvalue weighted by Gasteiger charge is 2.12. The van der Waals surface area contributed by atoms with Crippen LogP contribution < -0.4 is 0 Å². The van der Waals surface area contributed by atoms with Gasteiger partial charge in [0.05, 0.1) is 5.69 Å².